The summed E-state index contributed by atoms with van der Waals surface area (Å²) in [7, 11) is 0. The number of H-pyrrole nitrogens is 1. The summed E-state index contributed by atoms with van der Waals surface area (Å²) in [5.41, 5.74) is 2.48. The van der Waals surface area contributed by atoms with Crippen LogP contribution in [0.3, 0.4) is 0 Å². The standard InChI is InChI=1S/C20H17N3OS/c1-13(2)23-10-6-9-15(20(23)25)16-11-18(14-7-4-3-5-8-14)22-19(24)17(16)12-21/h3-11,13H,1-2H3,(H,22,24). The molecule has 0 aliphatic heterocycles. The van der Waals surface area contributed by atoms with E-state index in [4.69, 9.17) is 12.2 Å². The van der Waals surface area contributed by atoms with Crippen LogP contribution in [-0.2, 0) is 0 Å². The highest BCUT2D eigenvalue weighted by atomic mass is 32.1. The second kappa shape index (κ2) is 6.88. The highest BCUT2D eigenvalue weighted by molar-refractivity contribution is 7.71. The molecule has 0 fully saturated rings. The number of nitrogens with one attached hydrogen (secondary N) is 1. The van der Waals surface area contributed by atoms with Crippen LogP contribution in [-0.4, -0.2) is 9.55 Å². The molecule has 25 heavy (non-hydrogen) atoms. The Morgan fingerprint density at radius 2 is 1.84 bits per heavy atom. The van der Waals surface area contributed by atoms with Gasteiger partial charge in [0.25, 0.3) is 5.56 Å². The Hall–Kier alpha value is -2.97. The summed E-state index contributed by atoms with van der Waals surface area (Å²) >= 11 is 5.60. The lowest BCUT2D eigenvalue weighted by atomic mass is 10.00. The van der Waals surface area contributed by atoms with Gasteiger partial charge in [0.05, 0.1) is 0 Å². The average Bonchev–Trinajstić information content (AvgIpc) is 2.61. The lowest BCUT2D eigenvalue weighted by Crippen LogP contribution is -2.13. The Balaban J connectivity index is 2.32. The third-order valence-electron chi connectivity index (χ3n) is 4.05. The molecule has 0 saturated heterocycles. The number of rotatable bonds is 3. The number of nitriles is 1. The van der Waals surface area contributed by atoms with Crippen LogP contribution in [0, 0.1) is 16.0 Å². The summed E-state index contributed by atoms with van der Waals surface area (Å²) in [5, 5.41) is 9.48. The Morgan fingerprint density at radius 1 is 1.12 bits per heavy atom. The minimum Gasteiger partial charge on any atom is -0.336 e. The van der Waals surface area contributed by atoms with Crippen molar-refractivity contribution in [3.63, 3.8) is 0 Å². The first-order chi connectivity index (χ1) is 12.0. The van der Waals surface area contributed by atoms with Gasteiger partial charge in [-0.25, -0.2) is 0 Å². The predicted molar refractivity (Wildman–Crippen MR) is 102 cm³/mol. The second-order valence-corrected chi connectivity index (χ2v) is 6.39. The maximum absolute atomic E-state index is 12.4. The molecule has 4 nitrogen and oxygen atoms in total. The van der Waals surface area contributed by atoms with Gasteiger partial charge >= 0.3 is 0 Å². The molecule has 0 unspecified atom stereocenters. The van der Waals surface area contributed by atoms with Gasteiger partial charge in [0, 0.05) is 29.1 Å². The van der Waals surface area contributed by atoms with Crippen molar-refractivity contribution in [2.75, 3.05) is 0 Å². The van der Waals surface area contributed by atoms with E-state index in [9.17, 15) is 10.1 Å². The van der Waals surface area contributed by atoms with Gasteiger partial charge in [-0.15, -0.1) is 0 Å². The number of aromatic amines is 1. The summed E-state index contributed by atoms with van der Waals surface area (Å²) in [6.07, 6.45) is 1.91. The molecule has 0 bridgehead atoms. The number of aromatic nitrogens is 2. The van der Waals surface area contributed by atoms with Crippen molar-refractivity contribution < 1.29 is 0 Å². The van der Waals surface area contributed by atoms with Crippen molar-refractivity contribution in [2.24, 2.45) is 0 Å². The fourth-order valence-corrected chi connectivity index (χ4v) is 3.23. The zero-order valence-electron chi connectivity index (χ0n) is 14.0. The molecular weight excluding hydrogens is 330 g/mol. The molecular formula is C20H17N3OS. The maximum atomic E-state index is 12.4. The van der Waals surface area contributed by atoms with E-state index in [1.165, 1.54) is 0 Å². The lowest BCUT2D eigenvalue weighted by Gasteiger charge is -2.14. The summed E-state index contributed by atoms with van der Waals surface area (Å²) < 4.78 is 2.56. The smallest absolute Gasteiger partial charge is 0.266 e. The molecule has 0 atom stereocenters. The van der Waals surface area contributed by atoms with Gasteiger partial charge in [-0.2, -0.15) is 5.26 Å². The average molecular weight is 347 g/mol. The van der Waals surface area contributed by atoms with Crippen LogP contribution in [0.5, 0.6) is 0 Å². The predicted octanol–water partition coefficient (Wildman–Crippen LogP) is 4.69. The van der Waals surface area contributed by atoms with Crippen LogP contribution >= 0.6 is 12.2 Å². The molecule has 0 radical (unpaired) electrons. The van der Waals surface area contributed by atoms with E-state index in [1.807, 2.05) is 79.2 Å². The van der Waals surface area contributed by atoms with Gasteiger partial charge in [0.1, 0.15) is 16.3 Å². The number of nitrogens with zero attached hydrogens (tertiary/aromatic N) is 2. The quantitative estimate of drug-likeness (QED) is 0.699. The maximum Gasteiger partial charge on any atom is 0.266 e. The largest absolute Gasteiger partial charge is 0.336 e. The number of hydrogen-bond acceptors (Lipinski definition) is 3. The van der Waals surface area contributed by atoms with Crippen LogP contribution in [0.2, 0.25) is 0 Å². The highest BCUT2D eigenvalue weighted by Crippen LogP contribution is 2.27. The number of pyridine rings is 2. The number of hydrogen-bond donors (Lipinski definition) is 1. The van der Waals surface area contributed by atoms with Crippen LogP contribution in [0.4, 0.5) is 0 Å². The molecule has 0 amide bonds. The van der Waals surface area contributed by atoms with E-state index in [0.717, 1.165) is 5.56 Å². The summed E-state index contributed by atoms with van der Waals surface area (Å²) in [4.78, 5) is 15.2. The molecule has 0 aliphatic carbocycles. The van der Waals surface area contributed by atoms with Crippen LogP contribution in [0.25, 0.3) is 22.4 Å². The molecule has 3 aromatic rings. The lowest BCUT2D eigenvalue weighted by molar-refractivity contribution is 0.590. The van der Waals surface area contributed by atoms with Crippen LogP contribution in [0.15, 0.2) is 59.5 Å². The highest BCUT2D eigenvalue weighted by Gasteiger charge is 2.15. The van der Waals surface area contributed by atoms with Gasteiger partial charge in [0.15, 0.2) is 0 Å². The first-order valence-corrected chi connectivity index (χ1v) is 8.38. The summed E-state index contributed by atoms with van der Waals surface area (Å²) in [6.45, 7) is 4.08. The fourth-order valence-electron chi connectivity index (χ4n) is 2.78. The van der Waals surface area contributed by atoms with Crippen molar-refractivity contribution in [3.8, 4) is 28.5 Å². The van der Waals surface area contributed by atoms with Gasteiger partial charge in [-0.05, 0) is 37.6 Å². The Labute approximate surface area is 151 Å². The molecule has 1 N–H and O–H groups in total. The van der Waals surface area contributed by atoms with E-state index in [1.54, 1.807) is 0 Å². The van der Waals surface area contributed by atoms with E-state index >= 15 is 0 Å². The zero-order chi connectivity index (χ0) is 18.0. The molecule has 0 spiro atoms. The normalized spacial score (nSPS) is 10.6. The van der Waals surface area contributed by atoms with Crippen molar-refractivity contribution in [2.45, 2.75) is 19.9 Å². The molecule has 124 valence electrons. The van der Waals surface area contributed by atoms with E-state index in [2.05, 4.69) is 4.98 Å². The van der Waals surface area contributed by atoms with Gasteiger partial charge in [-0.1, -0.05) is 42.5 Å². The molecule has 0 aliphatic rings. The van der Waals surface area contributed by atoms with Gasteiger partial charge in [-0.3, -0.25) is 4.79 Å². The molecule has 3 rings (SSSR count). The van der Waals surface area contributed by atoms with Crippen LogP contribution in [0.1, 0.15) is 25.5 Å². The third kappa shape index (κ3) is 3.17. The Bertz CT molecular complexity index is 1070. The first kappa shape index (κ1) is 16.9. The molecule has 0 saturated carbocycles. The fraction of sp³-hybridized carbons (Fsp3) is 0.150. The van der Waals surface area contributed by atoms with Crippen molar-refractivity contribution in [1.29, 1.82) is 5.26 Å². The van der Waals surface area contributed by atoms with Crippen LogP contribution < -0.4 is 5.56 Å². The molecule has 2 heterocycles. The van der Waals surface area contributed by atoms with Gasteiger partial charge in [0.2, 0.25) is 0 Å². The molecule has 1 aromatic carbocycles. The zero-order valence-corrected chi connectivity index (χ0v) is 14.8. The topological polar surface area (TPSA) is 61.6 Å². The Kier molecular flexibility index (Phi) is 4.64. The minimum absolute atomic E-state index is 0.0762. The van der Waals surface area contributed by atoms with E-state index in [-0.39, 0.29) is 11.6 Å². The van der Waals surface area contributed by atoms with Crippen molar-refractivity contribution in [1.82, 2.24) is 9.55 Å². The van der Waals surface area contributed by atoms with Crippen molar-refractivity contribution in [3.05, 3.63) is 75.3 Å². The number of benzene rings is 1. The molecule has 2 aromatic heterocycles. The van der Waals surface area contributed by atoms with Gasteiger partial charge < -0.3 is 9.55 Å². The summed E-state index contributed by atoms with van der Waals surface area (Å²) in [5.74, 6) is 0. The van der Waals surface area contributed by atoms with E-state index in [0.29, 0.717) is 21.5 Å². The van der Waals surface area contributed by atoms with E-state index < -0.39 is 5.56 Å². The molecule has 5 heteroatoms. The van der Waals surface area contributed by atoms with Crippen molar-refractivity contribution >= 4 is 12.2 Å². The minimum atomic E-state index is -0.409. The monoisotopic (exact) mass is 347 g/mol. The first-order valence-electron chi connectivity index (χ1n) is 7.97. The Morgan fingerprint density at radius 3 is 2.48 bits per heavy atom. The third-order valence-corrected chi connectivity index (χ3v) is 4.48. The summed E-state index contributed by atoms with van der Waals surface area (Å²) in [6, 6.07) is 17.3. The second-order valence-electron chi connectivity index (χ2n) is 6.01. The SMILES string of the molecule is CC(C)n1cccc(-c2cc(-c3ccccc3)[nH]c(=O)c2C#N)c1=S.